The van der Waals surface area contributed by atoms with Crippen LogP contribution in [0.25, 0.3) is 16.3 Å². The summed E-state index contributed by atoms with van der Waals surface area (Å²) in [5.74, 6) is 0. The monoisotopic (exact) mass is 375 g/mol. The van der Waals surface area contributed by atoms with E-state index in [0.717, 1.165) is 6.42 Å². The van der Waals surface area contributed by atoms with Gasteiger partial charge in [0.15, 0.2) is 0 Å². The van der Waals surface area contributed by atoms with Crippen molar-refractivity contribution in [2.75, 3.05) is 0 Å². The average Bonchev–Trinajstić information content (AvgIpc) is 2.80. The van der Waals surface area contributed by atoms with Gasteiger partial charge in [0.2, 0.25) is 0 Å². The van der Waals surface area contributed by atoms with E-state index in [2.05, 4.69) is 54.6 Å². The Bertz CT molecular complexity index is 770. The van der Waals surface area contributed by atoms with E-state index < -0.39 is 0 Å². The molecule has 0 amide bonds. The molecule has 0 saturated heterocycles. The van der Waals surface area contributed by atoms with E-state index >= 15 is 0 Å². The molecule has 0 heterocycles. The van der Waals surface area contributed by atoms with Gasteiger partial charge >= 0.3 is 122 Å². The first-order chi connectivity index (χ1) is 8.84. The molecule has 2 aromatic carbocycles. The predicted octanol–water partition coefficient (Wildman–Crippen LogP) is -1.84. The zero-order valence-corrected chi connectivity index (χ0v) is 14.6. The number of halogens is 2. The van der Waals surface area contributed by atoms with Crippen molar-refractivity contribution in [2.45, 2.75) is 6.42 Å². The fourth-order valence-corrected chi connectivity index (χ4v) is 3.73. The Morgan fingerprint density at radius 1 is 0.850 bits per heavy atom. The first kappa shape index (κ1) is 15.8. The zero-order valence-electron chi connectivity index (χ0n) is 10.7. The second kappa shape index (κ2) is 6.02. The van der Waals surface area contributed by atoms with Crippen LogP contribution in [0.2, 0.25) is 0 Å². The summed E-state index contributed by atoms with van der Waals surface area (Å²) in [5, 5.41) is 2.74. The van der Waals surface area contributed by atoms with Crippen LogP contribution < -0.4 is 24.8 Å². The Kier molecular flexibility index (Phi) is 4.74. The van der Waals surface area contributed by atoms with Crippen molar-refractivity contribution in [3.05, 3.63) is 74.6 Å². The summed E-state index contributed by atoms with van der Waals surface area (Å²) < 4.78 is 1.48. The van der Waals surface area contributed by atoms with Crippen LogP contribution in [0.4, 0.5) is 0 Å². The molecule has 0 bridgehead atoms. The van der Waals surface area contributed by atoms with Gasteiger partial charge in [-0.15, -0.1) is 0 Å². The third kappa shape index (κ3) is 2.27. The maximum absolute atomic E-state index is 2.39. The van der Waals surface area contributed by atoms with E-state index in [-0.39, 0.29) is 24.8 Å². The van der Waals surface area contributed by atoms with Crippen LogP contribution in [0.5, 0.6) is 0 Å². The van der Waals surface area contributed by atoms with E-state index in [1.165, 1.54) is 61.0 Å². The summed E-state index contributed by atoms with van der Waals surface area (Å²) in [4.78, 5) is 0. The molecule has 0 unspecified atom stereocenters. The van der Waals surface area contributed by atoms with Crippen molar-refractivity contribution in [1.29, 1.82) is 0 Å². The van der Waals surface area contributed by atoms with Gasteiger partial charge in [-0.25, -0.2) is 0 Å². The molecule has 0 radical (unpaired) electrons. The third-order valence-corrected chi connectivity index (χ3v) is 4.88. The van der Waals surface area contributed by atoms with Crippen molar-refractivity contribution in [1.82, 2.24) is 0 Å². The van der Waals surface area contributed by atoms with Crippen LogP contribution in [-0.2, 0) is 31.1 Å². The molecule has 97 valence electrons. The SMILES string of the molecule is [Cl-].[Cl-].[Zr+2][C]1=CC=C2C1=CCc1ccc3ccccc3c12. The Balaban J connectivity index is 0.000000735. The third-order valence-electron chi connectivity index (χ3n) is 3.81. The second-order valence-electron chi connectivity index (χ2n) is 4.80. The average molecular weight is 377 g/mol. The first-order valence-corrected chi connectivity index (χ1v) is 7.43. The molecule has 2 aliphatic carbocycles. The summed E-state index contributed by atoms with van der Waals surface area (Å²) >= 11 is 1.51. The number of allylic oxidation sites excluding steroid dienone is 6. The molecule has 20 heavy (non-hydrogen) atoms. The quantitative estimate of drug-likeness (QED) is 0.506. The molecule has 0 aromatic heterocycles. The van der Waals surface area contributed by atoms with Crippen molar-refractivity contribution < 1.29 is 49.5 Å². The summed E-state index contributed by atoms with van der Waals surface area (Å²) in [6.45, 7) is 0. The van der Waals surface area contributed by atoms with Gasteiger partial charge in [-0.3, -0.25) is 0 Å². The molecule has 0 aliphatic heterocycles. The van der Waals surface area contributed by atoms with Gasteiger partial charge in [-0.1, -0.05) is 0 Å². The zero-order chi connectivity index (χ0) is 12.1. The van der Waals surface area contributed by atoms with Crippen molar-refractivity contribution >= 4 is 16.3 Å². The molecule has 0 atom stereocenters. The van der Waals surface area contributed by atoms with E-state index in [9.17, 15) is 0 Å². The Labute approximate surface area is 146 Å². The van der Waals surface area contributed by atoms with Crippen molar-refractivity contribution in [3.8, 4) is 0 Å². The molecule has 2 aromatic rings. The molecule has 4 rings (SSSR count). The molecular formula is C17H11Cl2Zr. The molecule has 0 N–H and O–H groups in total. The topological polar surface area (TPSA) is 0 Å². The minimum atomic E-state index is 0. The fourth-order valence-electron chi connectivity index (χ4n) is 2.95. The minimum absolute atomic E-state index is 0. The number of fused-ring (bicyclic) bond motifs is 5. The molecule has 0 saturated carbocycles. The van der Waals surface area contributed by atoms with E-state index in [4.69, 9.17) is 0 Å². The summed E-state index contributed by atoms with van der Waals surface area (Å²) in [5.41, 5.74) is 5.82. The van der Waals surface area contributed by atoms with Crippen LogP contribution in [-0.4, -0.2) is 0 Å². The molecule has 0 fully saturated rings. The summed E-state index contributed by atoms with van der Waals surface area (Å²) in [6.07, 6.45) is 8.02. The van der Waals surface area contributed by atoms with Gasteiger partial charge in [0, 0.05) is 0 Å². The Morgan fingerprint density at radius 3 is 2.50 bits per heavy atom. The van der Waals surface area contributed by atoms with Crippen LogP contribution >= 0.6 is 0 Å². The number of rotatable bonds is 0. The van der Waals surface area contributed by atoms with Crippen molar-refractivity contribution in [3.63, 3.8) is 0 Å². The standard InChI is InChI=1S/C17H11.2ClH.Zr/c1-2-6-15-12(4-1)8-10-14-11-9-13-5-3-7-16(13)17(14)15;;;/h1-4,6-10H,11H2;2*1H;/q;;;+2/p-2. The van der Waals surface area contributed by atoms with Gasteiger partial charge in [-0.05, 0) is 0 Å². The Hall–Kier alpha value is -0.617. The van der Waals surface area contributed by atoms with Crippen LogP contribution in [0.3, 0.4) is 0 Å². The van der Waals surface area contributed by atoms with Gasteiger partial charge in [0.05, 0.1) is 0 Å². The predicted molar refractivity (Wildman–Crippen MR) is 71.8 cm³/mol. The summed E-state index contributed by atoms with van der Waals surface area (Å²) in [6, 6.07) is 13.2. The molecule has 0 nitrogen and oxygen atoms in total. The second-order valence-corrected chi connectivity index (χ2v) is 6.13. The van der Waals surface area contributed by atoms with E-state index in [0.29, 0.717) is 0 Å². The van der Waals surface area contributed by atoms with Crippen LogP contribution in [0, 0.1) is 0 Å². The van der Waals surface area contributed by atoms with Gasteiger partial charge in [0.1, 0.15) is 0 Å². The number of hydrogen-bond donors (Lipinski definition) is 0. The maximum atomic E-state index is 2.39. The van der Waals surface area contributed by atoms with Crippen molar-refractivity contribution in [2.24, 2.45) is 0 Å². The van der Waals surface area contributed by atoms with Gasteiger partial charge in [0.25, 0.3) is 0 Å². The number of hydrogen-bond acceptors (Lipinski definition) is 0. The molecule has 0 spiro atoms. The van der Waals surface area contributed by atoms with E-state index in [1.54, 1.807) is 0 Å². The van der Waals surface area contributed by atoms with E-state index in [1.807, 2.05) is 0 Å². The van der Waals surface area contributed by atoms with Crippen LogP contribution in [0.1, 0.15) is 11.1 Å². The molecule has 2 aliphatic rings. The van der Waals surface area contributed by atoms with Crippen LogP contribution in [0.15, 0.2) is 63.5 Å². The Morgan fingerprint density at radius 2 is 1.65 bits per heavy atom. The van der Waals surface area contributed by atoms with Gasteiger partial charge in [-0.2, -0.15) is 0 Å². The molecular weight excluding hydrogens is 366 g/mol. The van der Waals surface area contributed by atoms with Gasteiger partial charge < -0.3 is 24.8 Å². The normalized spacial score (nSPS) is 15.2. The number of benzene rings is 2. The fraction of sp³-hybridized carbons (Fsp3) is 0.0588. The molecule has 3 heteroatoms. The summed E-state index contributed by atoms with van der Waals surface area (Å²) in [7, 11) is 0. The first-order valence-electron chi connectivity index (χ1n) is 6.20.